The number of halogens is 1. The van der Waals surface area contributed by atoms with E-state index in [-0.39, 0.29) is 23.0 Å². The number of para-hydroxylation sites is 1. The van der Waals surface area contributed by atoms with Crippen LogP contribution in [0.2, 0.25) is 0 Å². The highest BCUT2D eigenvalue weighted by molar-refractivity contribution is 9.10. The summed E-state index contributed by atoms with van der Waals surface area (Å²) < 4.78 is 23.4. The summed E-state index contributed by atoms with van der Waals surface area (Å²) in [6.07, 6.45) is 0. The van der Waals surface area contributed by atoms with Gasteiger partial charge in [0, 0.05) is 32.6 Å². The Labute approximate surface area is 209 Å². The molecule has 5 rings (SSSR count). The first kappa shape index (κ1) is 22.6. The molecule has 7 nitrogen and oxygen atoms in total. The lowest BCUT2D eigenvalue weighted by Gasteiger charge is -2.27. The Bertz CT molecular complexity index is 1560. The average Bonchev–Trinajstić information content (AvgIpc) is 3.19. The summed E-state index contributed by atoms with van der Waals surface area (Å²) in [4.78, 5) is 12.9. The fourth-order valence-electron chi connectivity index (χ4n) is 4.27. The summed E-state index contributed by atoms with van der Waals surface area (Å²) >= 11 is 3.48. The van der Waals surface area contributed by atoms with Crippen molar-refractivity contribution in [2.75, 3.05) is 7.11 Å². The Morgan fingerprint density at radius 1 is 1.11 bits per heavy atom. The van der Waals surface area contributed by atoms with Gasteiger partial charge in [0.15, 0.2) is 0 Å². The molecule has 0 spiro atoms. The number of nitrogens with two attached hydrogens (primary N) is 1. The molecule has 3 aromatic carbocycles. The van der Waals surface area contributed by atoms with Gasteiger partial charge in [0.2, 0.25) is 11.6 Å². The first-order valence-electron chi connectivity index (χ1n) is 10.7. The van der Waals surface area contributed by atoms with Gasteiger partial charge in [0.05, 0.1) is 13.0 Å². The molecule has 1 atom stereocenters. The van der Waals surface area contributed by atoms with Crippen LogP contribution in [0.1, 0.15) is 33.2 Å². The van der Waals surface area contributed by atoms with E-state index in [0.29, 0.717) is 28.2 Å². The van der Waals surface area contributed by atoms with Gasteiger partial charge in [0.25, 0.3) is 0 Å². The number of nitrogens with zero attached hydrogens (tertiary/aromatic N) is 1. The van der Waals surface area contributed by atoms with Gasteiger partial charge < -0.3 is 24.4 Å². The summed E-state index contributed by atoms with van der Waals surface area (Å²) in [7, 11) is 1.56. The van der Waals surface area contributed by atoms with Crippen LogP contribution in [0.15, 0.2) is 81.0 Å². The predicted molar refractivity (Wildman–Crippen MR) is 132 cm³/mol. The van der Waals surface area contributed by atoms with E-state index in [4.69, 9.17) is 24.4 Å². The predicted octanol–water partition coefficient (Wildman–Crippen LogP) is 5.95. The van der Waals surface area contributed by atoms with Crippen molar-refractivity contribution in [3.8, 4) is 23.3 Å². The summed E-state index contributed by atoms with van der Waals surface area (Å²) in [6, 6.07) is 20.1. The molecular weight excluding hydrogens is 512 g/mol. The fourth-order valence-corrected chi connectivity index (χ4v) is 4.65. The number of benzene rings is 3. The topological polar surface area (TPSA) is 108 Å². The Morgan fingerprint density at radius 2 is 1.91 bits per heavy atom. The molecule has 0 radical (unpaired) electrons. The molecule has 1 unspecified atom stereocenters. The number of rotatable bonds is 4. The fraction of sp³-hybridized carbons (Fsp3) is 0.111. The number of methoxy groups -OCH3 is 1. The minimum atomic E-state index is -0.624. The van der Waals surface area contributed by atoms with Crippen molar-refractivity contribution in [2.45, 2.75) is 12.8 Å². The lowest BCUT2D eigenvalue weighted by molar-refractivity contribution is 0.0702. The number of allylic oxidation sites excluding steroid dienone is 1. The van der Waals surface area contributed by atoms with Crippen molar-refractivity contribution < 1.29 is 23.4 Å². The van der Waals surface area contributed by atoms with E-state index in [1.54, 1.807) is 31.4 Å². The van der Waals surface area contributed by atoms with Crippen molar-refractivity contribution in [3.63, 3.8) is 0 Å². The number of ether oxygens (including phenoxy) is 3. The van der Waals surface area contributed by atoms with Crippen molar-refractivity contribution in [3.05, 3.63) is 99.0 Å². The lowest BCUT2D eigenvalue weighted by atomic mass is 9.83. The summed E-state index contributed by atoms with van der Waals surface area (Å²) in [5, 5.41) is 10.7. The molecular formula is C27H19BrN2O5. The second-order valence-corrected chi connectivity index (χ2v) is 8.87. The van der Waals surface area contributed by atoms with Gasteiger partial charge in [-0.15, -0.1) is 0 Å². The number of fused-ring (bicyclic) bond motifs is 2. The molecule has 0 fully saturated rings. The van der Waals surface area contributed by atoms with E-state index in [9.17, 15) is 10.1 Å². The minimum Gasteiger partial charge on any atom is -0.496 e. The highest BCUT2D eigenvalue weighted by atomic mass is 79.9. The Morgan fingerprint density at radius 3 is 2.66 bits per heavy atom. The molecule has 174 valence electrons. The second kappa shape index (κ2) is 8.85. The number of carbonyl (C=O) groups excluding carboxylic acids is 1. The molecule has 35 heavy (non-hydrogen) atoms. The number of hydrogen-bond donors (Lipinski definition) is 1. The number of aryl methyl sites for hydroxylation is 1. The van der Waals surface area contributed by atoms with E-state index in [1.165, 1.54) is 0 Å². The van der Waals surface area contributed by atoms with Crippen LogP contribution >= 0.6 is 15.9 Å². The molecule has 2 N–H and O–H groups in total. The number of carbonyl (C=O) groups is 1. The molecule has 0 saturated carbocycles. The van der Waals surface area contributed by atoms with Gasteiger partial charge in [-0.2, -0.15) is 5.26 Å². The SMILES string of the molecule is COc1ccc(Br)cc1C1C(C#N)=C(N)Oc2cc(OC(=O)c3oc4ccccc4c3C)ccc21. The van der Waals surface area contributed by atoms with Gasteiger partial charge in [-0.3, -0.25) is 0 Å². The zero-order chi connectivity index (χ0) is 24.7. The molecule has 2 heterocycles. The third-order valence-corrected chi connectivity index (χ3v) is 6.43. The van der Waals surface area contributed by atoms with Gasteiger partial charge in [-0.05, 0) is 37.3 Å². The molecule has 0 saturated heterocycles. The highest BCUT2D eigenvalue weighted by Crippen LogP contribution is 2.46. The van der Waals surface area contributed by atoms with E-state index in [2.05, 4.69) is 22.0 Å². The lowest BCUT2D eigenvalue weighted by Crippen LogP contribution is -2.21. The van der Waals surface area contributed by atoms with E-state index in [0.717, 1.165) is 15.4 Å². The average molecular weight is 531 g/mol. The maximum absolute atomic E-state index is 12.9. The highest BCUT2D eigenvalue weighted by Gasteiger charge is 2.33. The minimum absolute atomic E-state index is 0.0244. The maximum Gasteiger partial charge on any atom is 0.379 e. The Kier molecular flexibility index (Phi) is 5.71. The van der Waals surface area contributed by atoms with Gasteiger partial charge >= 0.3 is 5.97 Å². The van der Waals surface area contributed by atoms with Crippen molar-refractivity contribution in [2.24, 2.45) is 5.73 Å². The molecule has 8 heteroatoms. The van der Waals surface area contributed by atoms with Crippen molar-refractivity contribution in [1.82, 2.24) is 0 Å². The standard InChI is InChI=1S/C27H19BrN2O5/c1-14-17-5-3-4-6-22(17)34-25(14)27(31)33-16-8-9-18-23(12-16)35-26(30)20(13-29)24(18)19-11-15(28)7-10-21(19)32-2/h3-12,24H,30H2,1-2H3. The van der Waals surface area contributed by atoms with Crippen molar-refractivity contribution in [1.29, 1.82) is 5.26 Å². The van der Waals surface area contributed by atoms with Gasteiger partial charge in [-0.1, -0.05) is 40.2 Å². The zero-order valence-corrected chi connectivity index (χ0v) is 20.4. The van der Waals surface area contributed by atoms with Gasteiger partial charge in [0.1, 0.15) is 34.5 Å². The summed E-state index contributed by atoms with van der Waals surface area (Å²) in [5.74, 6) is 0.181. The van der Waals surface area contributed by atoms with Gasteiger partial charge in [-0.25, -0.2) is 4.79 Å². The number of esters is 1. The largest absolute Gasteiger partial charge is 0.496 e. The second-order valence-electron chi connectivity index (χ2n) is 7.95. The normalized spacial score (nSPS) is 14.7. The quantitative estimate of drug-likeness (QED) is 0.256. The van der Waals surface area contributed by atoms with E-state index >= 15 is 0 Å². The third-order valence-electron chi connectivity index (χ3n) is 5.93. The van der Waals surface area contributed by atoms with Crippen LogP contribution in [0.25, 0.3) is 11.0 Å². The van der Waals surface area contributed by atoms with Crippen molar-refractivity contribution >= 4 is 32.9 Å². The molecule has 0 bridgehead atoms. The van der Waals surface area contributed by atoms with Crippen LogP contribution in [0.4, 0.5) is 0 Å². The maximum atomic E-state index is 12.9. The molecule has 4 aromatic rings. The van der Waals surface area contributed by atoms with Crippen LogP contribution < -0.4 is 19.9 Å². The molecule has 1 aromatic heterocycles. The Balaban J connectivity index is 1.53. The molecule has 0 amide bonds. The summed E-state index contributed by atoms with van der Waals surface area (Å²) in [5.41, 5.74) is 9.13. The number of hydrogen-bond acceptors (Lipinski definition) is 7. The van der Waals surface area contributed by atoms with E-state index in [1.807, 2.05) is 43.3 Å². The van der Waals surface area contributed by atoms with Crippen LogP contribution in [-0.2, 0) is 0 Å². The monoisotopic (exact) mass is 530 g/mol. The third kappa shape index (κ3) is 3.90. The first-order chi connectivity index (χ1) is 16.9. The van der Waals surface area contributed by atoms with Crippen LogP contribution in [-0.4, -0.2) is 13.1 Å². The van der Waals surface area contributed by atoms with Crippen LogP contribution in [0.3, 0.4) is 0 Å². The first-order valence-corrected chi connectivity index (χ1v) is 11.5. The smallest absolute Gasteiger partial charge is 0.379 e. The number of nitriles is 1. The summed E-state index contributed by atoms with van der Waals surface area (Å²) in [6.45, 7) is 1.81. The molecule has 1 aliphatic heterocycles. The number of furan rings is 1. The van der Waals surface area contributed by atoms with Crippen LogP contribution in [0, 0.1) is 18.3 Å². The molecule has 0 aliphatic carbocycles. The van der Waals surface area contributed by atoms with E-state index < -0.39 is 11.9 Å². The van der Waals surface area contributed by atoms with Crippen LogP contribution in [0.5, 0.6) is 17.2 Å². The molecule has 1 aliphatic rings. The Hall–Kier alpha value is -4.22. The zero-order valence-electron chi connectivity index (χ0n) is 18.8.